The van der Waals surface area contributed by atoms with Gasteiger partial charge in [0, 0.05) is 13.6 Å². The zero-order chi connectivity index (χ0) is 13.1. The molecular formula is C15H33NO. The van der Waals surface area contributed by atoms with E-state index in [2.05, 4.69) is 27.7 Å². The van der Waals surface area contributed by atoms with Crippen LogP contribution in [0.1, 0.15) is 66.2 Å². The third-order valence-electron chi connectivity index (χ3n) is 3.76. The Balaban J connectivity index is 3.90. The minimum Gasteiger partial charge on any atom is -0.299 e. The molecule has 0 bridgehead atoms. The minimum absolute atomic E-state index is 0.728. The number of hydrogen-bond donors (Lipinski definition) is 0. The fraction of sp³-hybridized carbons (Fsp3) is 1.00. The molecule has 0 aliphatic heterocycles. The second-order valence-electron chi connectivity index (χ2n) is 5.17. The van der Waals surface area contributed by atoms with Crippen LogP contribution in [0.25, 0.3) is 0 Å². The summed E-state index contributed by atoms with van der Waals surface area (Å²) in [5.41, 5.74) is 0. The van der Waals surface area contributed by atoms with Crippen LogP contribution in [0.15, 0.2) is 0 Å². The predicted molar refractivity (Wildman–Crippen MR) is 76.0 cm³/mol. The van der Waals surface area contributed by atoms with Gasteiger partial charge in [-0.3, -0.25) is 4.84 Å². The molecule has 2 nitrogen and oxygen atoms in total. The van der Waals surface area contributed by atoms with Gasteiger partial charge in [0.25, 0.3) is 0 Å². The van der Waals surface area contributed by atoms with Gasteiger partial charge in [-0.2, -0.15) is 5.06 Å². The summed E-state index contributed by atoms with van der Waals surface area (Å²) in [6.45, 7) is 10.9. The molecule has 0 aromatic rings. The van der Waals surface area contributed by atoms with E-state index in [0.717, 1.165) is 25.0 Å². The van der Waals surface area contributed by atoms with Crippen LogP contribution in [0.4, 0.5) is 0 Å². The van der Waals surface area contributed by atoms with E-state index in [-0.39, 0.29) is 0 Å². The molecule has 0 aliphatic carbocycles. The summed E-state index contributed by atoms with van der Waals surface area (Å²) in [7, 11) is 2.01. The fourth-order valence-electron chi connectivity index (χ4n) is 2.13. The second-order valence-corrected chi connectivity index (χ2v) is 5.17. The predicted octanol–water partition coefficient (Wildman–Crippen LogP) is 4.50. The van der Waals surface area contributed by atoms with Gasteiger partial charge in [-0.05, 0) is 18.3 Å². The summed E-state index contributed by atoms with van der Waals surface area (Å²) < 4.78 is 0. The molecule has 0 fully saturated rings. The quantitative estimate of drug-likeness (QED) is 0.495. The van der Waals surface area contributed by atoms with E-state index in [1.54, 1.807) is 0 Å². The van der Waals surface area contributed by atoms with Gasteiger partial charge in [0.05, 0.1) is 6.61 Å². The Morgan fingerprint density at radius 2 is 1.65 bits per heavy atom. The molecule has 17 heavy (non-hydrogen) atoms. The molecule has 2 unspecified atom stereocenters. The first-order chi connectivity index (χ1) is 8.17. The number of unbranched alkanes of at least 4 members (excludes halogenated alkanes) is 1. The summed E-state index contributed by atoms with van der Waals surface area (Å²) in [6, 6.07) is 0. The van der Waals surface area contributed by atoms with E-state index >= 15 is 0 Å². The number of rotatable bonds is 11. The Hall–Kier alpha value is -0.0800. The van der Waals surface area contributed by atoms with Crippen molar-refractivity contribution in [2.24, 2.45) is 11.8 Å². The second kappa shape index (κ2) is 11.0. The SMILES string of the molecule is CCCCC(CC)CC(CC)CON(C)CC. The normalized spacial score (nSPS) is 15.2. The van der Waals surface area contributed by atoms with E-state index in [0.29, 0.717) is 0 Å². The van der Waals surface area contributed by atoms with Crippen molar-refractivity contribution in [2.75, 3.05) is 20.2 Å². The first-order valence-electron chi connectivity index (χ1n) is 7.51. The number of nitrogens with zero attached hydrogens (tertiary/aromatic N) is 1. The zero-order valence-electron chi connectivity index (χ0n) is 12.7. The first kappa shape index (κ1) is 16.9. The lowest BCUT2D eigenvalue weighted by Crippen LogP contribution is -2.23. The molecule has 2 heteroatoms. The zero-order valence-corrected chi connectivity index (χ0v) is 12.7. The Morgan fingerprint density at radius 1 is 1.00 bits per heavy atom. The molecule has 0 heterocycles. The smallest absolute Gasteiger partial charge is 0.0713 e. The highest BCUT2D eigenvalue weighted by molar-refractivity contribution is 4.64. The summed E-state index contributed by atoms with van der Waals surface area (Å²) >= 11 is 0. The Labute approximate surface area is 109 Å². The van der Waals surface area contributed by atoms with Crippen LogP contribution < -0.4 is 0 Å². The summed E-state index contributed by atoms with van der Waals surface area (Å²) in [5.74, 6) is 1.63. The number of hydrogen-bond acceptors (Lipinski definition) is 2. The molecule has 2 atom stereocenters. The molecule has 0 aliphatic rings. The lowest BCUT2D eigenvalue weighted by molar-refractivity contribution is -0.149. The fourth-order valence-corrected chi connectivity index (χ4v) is 2.13. The highest BCUT2D eigenvalue weighted by Gasteiger charge is 2.14. The van der Waals surface area contributed by atoms with Crippen LogP contribution in [0.2, 0.25) is 0 Å². The van der Waals surface area contributed by atoms with Gasteiger partial charge in [-0.1, -0.05) is 59.8 Å². The molecule has 0 N–H and O–H groups in total. The highest BCUT2D eigenvalue weighted by Crippen LogP contribution is 2.23. The topological polar surface area (TPSA) is 12.5 Å². The van der Waals surface area contributed by atoms with Gasteiger partial charge in [-0.25, -0.2) is 0 Å². The van der Waals surface area contributed by atoms with Crippen molar-refractivity contribution in [3.63, 3.8) is 0 Å². The van der Waals surface area contributed by atoms with Gasteiger partial charge < -0.3 is 0 Å². The van der Waals surface area contributed by atoms with E-state index < -0.39 is 0 Å². The minimum atomic E-state index is 0.728. The molecule has 0 rings (SSSR count). The lowest BCUT2D eigenvalue weighted by Gasteiger charge is -2.23. The Kier molecular flexibility index (Phi) is 11.0. The van der Waals surface area contributed by atoms with E-state index in [1.165, 1.54) is 38.5 Å². The van der Waals surface area contributed by atoms with Crippen molar-refractivity contribution in [1.29, 1.82) is 0 Å². The molecule has 104 valence electrons. The van der Waals surface area contributed by atoms with Crippen molar-refractivity contribution in [3.8, 4) is 0 Å². The van der Waals surface area contributed by atoms with Crippen molar-refractivity contribution >= 4 is 0 Å². The van der Waals surface area contributed by atoms with E-state index in [9.17, 15) is 0 Å². The average Bonchev–Trinajstić information content (AvgIpc) is 2.37. The van der Waals surface area contributed by atoms with Gasteiger partial charge in [-0.15, -0.1) is 0 Å². The van der Waals surface area contributed by atoms with Crippen LogP contribution in [0.3, 0.4) is 0 Å². The van der Waals surface area contributed by atoms with Gasteiger partial charge >= 0.3 is 0 Å². The van der Waals surface area contributed by atoms with Crippen molar-refractivity contribution in [1.82, 2.24) is 5.06 Å². The number of hydroxylamine groups is 2. The van der Waals surface area contributed by atoms with Crippen LogP contribution >= 0.6 is 0 Å². The maximum absolute atomic E-state index is 5.73. The summed E-state index contributed by atoms with van der Waals surface area (Å²) in [6.07, 6.45) is 7.99. The third-order valence-corrected chi connectivity index (χ3v) is 3.76. The molecule has 0 saturated carbocycles. The maximum atomic E-state index is 5.73. The molecule has 0 saturated heterocycles. The van der Waals surface area contributed by atoms with E-state index in [4.69, 9.17) is 4.84 Å². The Bertz CT molecular complexity index is 161. The lowest BCUT2D eigenvalue weighted by atomic mass is 9.88. The monoisotopic (exact) mass is 243 g/mol. The largest absolute Gasteiger partial charge is 0.299 e. The van der Waals surface area contributed by atoms with Crippen LogP contribution in [-0.2, 0) is 4.84 Å². The van der Waals surface area contributed by atoms with Gasteiger partial charge in [0.15, 0.2) is 0 Å². The van der Waals surface area contributed by atoms with Crippen LogP contribution in [0, 0.1) is 11.8 Å². The van der Waals surface area contributed by atoms with E-state index in [1.807, 2.05) is 12.1 Å². The summed E-state index contributed by atoms with van der Waals surface area (Å²) in [4.78, 5) is 5.73. The van der Waals surface area contributed by atoms with Gasteiger partial charge in [0.2, 0.25) is 0 Å². The van der Waals surface area contributed by atoms with Crippen molar-refractivity contribution in [2.45, 2.75) is 66.2 Å². The van der Waals surface area contributed by atoms with Gasteiger partial charge in [0.1, 0.15) is 0 Å². The average molecular weight is 243 g/mol. The maximum Gasteiger partial charge on any atom is 0.0713 e. The molecule has 0 amide bonds. The standard InChI is InChI=1S/C15H33NO/c1-6-10-11-14(7-2)12-15(8-3)13-17-16(5)9-4/h14-15H,6-13H2,1-5H3. The first-order valence-corrected chi connectivity index (χ1v) is 7.51. The molecule has 0 aromatic carbocycles. The van der Waals surface area contributed by atoms with Crippen molar-refractivity contribution < 1.29 is 4.84 Å². The third kappa shape index (κ3) is 8.62. The molecule has 0 aromatic heterocycles. The molecule has 0 radical (unpaired) electrons. The molecular weight excluding hydrogens is 210 g/mol. The van der Waals surface area contributed by atoms with Crippen molar-refractivity contribution in [3.05, 3.63) is 0 Å². The Morgan fingerprint density at radius 3 is 2.12 bits per heavy atom. The molecule has 0 spiro atoms. The summed E-state index contributed by atoms with van der Waals surface area (Å²) in [5, 5.41) is 1.94. The van der Waals surface area contributed by atoms with Crippen LogP contribution in [-0.4, -0.2) is 25.3 Å². The van der Waals surface area contributed by atoms with Crippen LogP contribution in [0.5, 0.6) is 0 Å². The highest BCUT2D eigenvalue weighted by atomic mass is 16.7.